The summed E-state index contributed by atoms with van der Waals surface area (Å²) in [6.07, 6.45) is 0. The minimum Gasteiger partial charge on any atom is -1.00 e. The van der Waals surface area contributed by atoms with Gasteiger partial charge in [-0.3, -0.25) is 0 Å². The van der Waals surface area contributed by atoms with Gasteiger partial charge in [0, 0.05) is 6.54 Å². The van der Waals surface area contributed by atoms with Gasteiger partial charge >= 0.3 is 22.4 Å². The molecule has 0 N–H and O–H groups in total. The molecule has 0 unspecified atom stereocenters. The second-order valence-electron chi connectivity index (χ2n) is 2.72. The van der Waals surface area contributed by atoms with E-state index in [1.807, 2.05) is 6.07 Å². The fourth-order valence-corrected chi connectivity index (χ4v) is 0.949. The summed E-state index contributed by atoms with van der Waals surface area (Å²) in [7, 11) is 4.15. The zero-order chi connectivity index (χ0) is 7.40. The summed E-state index contributed by atoms with van der Waals surface area (Å²) < 4.78 is 0. The van der Waals surface area contributed by atoms with Crippen molar-refractivity contribution in [3.63, 3.8) is 0 Å². The molecule has 13 heavy (non-hydrogen) atoms. The molecule has 1 aromatic rings. The average Bonchev–Trinajstić information content (AvgIpc) is 1.88. The second kappa shape index (κ2) is 10.6. The van der Waals surface area contributed by atoms with Gasteiger partial charge in [-0.15, -0.1) is 0 Å². The van der Waals surface area contributed by atoms with Crippen molar-refractivity contribution >= 4 is 0 Å². The summed E-state index contributed by atoms with van der Waals surface area (Å²) in [4.78, 5) is 2.16. The molecule has 78 valence electrons. The summed E-state index contributed by atoms with van der Waals surface area (Å²) >= 11 is 0. The number of hydrogen-bond acceptors (Lipinski definition) is 1. The van der Waals surface area contributed by atoms with Crippen molar-refractivity contribution in [2.75, 3.05) is 14.1 Å². The Kier molecular flexibility index (Phi) is 15.6. The van der Waals surface area contributed by atoms with Crippen molar-refractivity contribution in [3.8, 4) is 0 Å². The Hall–Kier alpha value is 0.500. The number of nitrogens with zero attached hydrogens (tertiary/aromatic N) is 1. The molecule has 0 bridgehead atoms. The van der Waals surface area contributed by atoms with Crippen LogP contribution in [-0.4, -0.2) is 19.0 Å². The first kappa shape index (κ1) is 19.1. The fourth-order valence-electron chi connectivity index (χ4n) is 0.949. The van der Waals surface area contributed by atoms with Crippen LogP contribution in [-0.2, 0) is 28.9 Å². The van der Waals surface area contributed by atoms with Gasteiger partial charge in [0.25, 0.3) is 0 Å². The summed E-state index contributed by atoms with van der Waals surface area (Å²) in [5, 5.41) is 0. The van der Waals surface area contributed by atoms with Crippen LogP contribution in [0.1, 0.15) is 5.56 Å². The molecular formula is C9H13AuCl2N+. The maximum atomic E-state index is 2.16. The van der Waals surface area contributed by atoms with Gasteiger partial charge < -0.3 is 29.7 Å². The first-order valence-electron chi connectivity index (χ1n) is 3.47. The molecule has 0 amide bonds. The van der Waals surface area contributed by atoms with Gasteiger partial charge in [0.1, 0.15) is 0 Å². The van der Waals surface area contributed by atoms with E-state index in [0.29, 0.717) is 0 Å². The van der Waals surface area contributed by atoms with Gasteiger partial charge in [0.2, 0.25) is 0 Å². The molecule has 0 fully saturated rings. The molecule has 0 saturated heterocycles. The third-order valence-electron chi connectivity index (χ3n) is 1.34. The molecule has 4 heteroatoms. The van der Waals surface area contributed by atoms with Crippen LogP contribution in [0.25, 0.3) is 0 Å². The molecular weight excluding hydrogens is 390 g/mol. The van der Waals surface area contributed by atoms with Crippen LogP contribution in [0.4, 0.5) is 0 Å². The van der Waals surface area contributed by atoms with E-state index in [-0.39, 0.29) is 47.2 Å². The monoisotopic (exact) mass is 402 g/mol. The topological polar surface area (TPSA) is 3.24 Å². The predicted molar refractivity (Wildman–Crippen MR) is 43.8 cm³/mol. The van der Waals surface area contributed by atoms with Crippen LogP contribution in [0.5, 0.6) is 0 Å². The molecule has 0 saturated carbocycles. The van der Waals surface area contributed by atoms with Gasteiger partial charge in [-0.05, 0) is 19.7 Å². The van der Waals surface area contributed by atoms with Crippen molar-refractivity contribution in [3.05, 3.63) is 35.9 Å². The summed E-state index contributed by atoms with van der Waals surface area (Å²) in [6, 6.07) is 10.5. The molecule has 0 aliphatic carbocycles. The van der Waals surface area contributed by atoms with E-state index in [2.05, 4.69) is 43.3 Å². The average molecular weight is 403 g/mol. The van der Waals surface area contributed by atoms with Gasteiger partial charge in [0.15, 0.2) is 0 Å². The zero-order valence-corrected chi connectivity index (χ0v) is 11.3. The standard InChI is InChI=1S/C9H13N.Au.2ClH/c1-10(2)8-9-6-4-3-5-7-9;;;/h3-7H,8H2,1-2H3;;2*1H/q;+3;;/p-2. The van der Waals surface area contributed by atoms with Crippen LogP contribution in [0.2, 0.25) is 0 Å². The Balaban J connectivity index is -0.000000333. The van der Waals surface area contributed by atoms with Crippen LogP contribution >= 0.6 is 0 Å². The van der Waals surface area contributed by atoms with Gasteiger partial charge in [-0.2, -0.15) is 0 Å². The quantitative estimate of drug-likeness (QED) is 0.453. The van der Waals surface area contributed by atoms with E-state index >= 15 is 0 Å². The van der Waals surface area contributed by atoms with Crippen LogP contribution < -0.4 is 24.8 Å². The van der Waals surface area contributed by atoms with Gasteiger partial charge in [0.05, 0.1) is 0 Å². The zero-order valence-electron chi connectivity index (χ0n) is 7.60. The molecule has 0 atom stereocenters. The third-order valence-corrected chi connectivity index (χ3v) is 1.34. The molecule has 0 aromatic heterocycles. The molecule has 0 heterocycles. The van der Waals surface area contributed by atoms with Crippen molar-refractivity contribution in [2.45, 2.75) is 6.54 Å². The van der Waals surface area contributed by atoms with E-state index in [4.69, 9.17) is 0 Å². The second-order valence-corrected chi connectivity index (χ2v) is 2.72. The van der Waals surface area contributed by atoms with Crippen LogP contribution in [0.3, 0.4) is 0 Å². The summed E-state index contributed by atoms with van der Waals surface area (Å²) in [5.41, 5.74) is 1.37. The molecule has 1 nitrogen and oxygen atoms in total. The Morgan fingerprint density at radius 1 is 1.00 bits per heavy atom. The molecule has 0 aliphatic rings. The summed E-state index contributed by atoms with van der Waals surface area (Å²) in [6.45, 7) is 1.03. The fraction of sp³-hybridized carbons (Fsp3) is 0.333. The molecule has 0 aliphatic heterocycles. The van der Waals surface area contributed by atoms with E-state index in [1.165, 1.54) is 5.56 Å². The smallest absolute Gasteiger partial charge is 1.00 e. The van der Waals surface area contributed by atoms with Crippen molar-refractivity contribution < 1.29 is 47.2 Å². The first-order valence-corrected chi connectivity index (χ1v) is 3.47. The molecule has 0 radical (unpaired) electrons. The summed E-state index contributed by atoms with van der Waals surface area (Å²) in [5.74, 6) is 0. The molecule has 0 spiro atoms. The van der Waals surface area contributed by atoms with Gasteiger partial charge in [-0.1, -0.05) is 30.3 Å². The SMILES string of the molecule is CN(C)Cc1ccccc1.[Au+3].[Cl-].[Cl-]. The number of rotatable bonds is 2. The van der Waals surface area contributed by atoms with Crippen LogP contribution in [0, 0.1) is 0 Å². The van der Waals surface area contributed by atoms with E-state index in [0.717, 1.165) is 6.54 Å². The number of hydrogen-bond donors (Lipinski definition) is 0. The number of benzene rings is 1. The molecule has 1 rings (SSSR count). The van der Waals surface area contributed by atoms with Crippen molar-refractivity contribution in [1.82, 2.24) is 4.90 Å². The van der Waals surface area contributed by atoms with Crippen molar-refractivity contribution in [2.24, 2.45) is 0 Å². The molecule has 1 aromatic carbocycles. The predicted octanol–water partition coefficient (Wildman–Crippen LogP) is -4.25. The Labute approximate surface area is 108 Å². The van der Waals surface area contributed by atoms with Gasteiger partial charge in [-0.25, -0.2) is 0 Å². The van der Waals surface area contributed by atoms with E-state index < -0.39 is 0 Å². The maximum Gasteiger partial charge on any atom is 3.00 e. The van der Waals surface area contributed by atoms with Crippen LogP contribution in [0.15, 0.2) is 30.3 Å². The minimum absolute atomic E-state index is 0. The van der Waals surface area contributed by atoms with Crippen molar-refractivity contribution in [1.29, 1.82) is 0 Å². The first-order chi connectivity index (χ1) is 4.79. The van der Waals surface area contributed by atoms with E-state index in [9.17, 15) is 0 Å². The Morgan fingerprint density at radius 2 is 1.46 bits per heavy atom. The third kappa shape index (κ3) is 8.82. The number of halogens is 2. The Bertz CT molecular complexity index is 192. The minimum atomic E-state index is 0. The maximum absolute atomic E-state index is 2.16. The largest absolute Gasteiger partial charge is 3.00 e. The Morgan fingerprint density at radius 3 is 1.85 bits per heavy atom. The van der Waals surface area contributed by atoms with E-state index in [1.54, 1.807) is 0 Å². The normalized spacial score (nSPS) is 7.92.